The van der Waals surface area contributed by atoms with Crippen molar-refractivity contribution < 1.29 is 23.5 Å². The van der Waals surface area contributed by atoms with E-state index in [1.807, 2.05) is 18.2 Å². The molecule has 1 heterocycles. The normalized spacial score (nSPS) is 18.4. The Morgan fingerprint density at radius 2 is 1.77 bits per heavy atom. The van der Waals surface area contributed by atoms with Gasteiger partial charge in [-0.3, -0.25) is 9.59 Å². The number of hydrogen-bond donors (Lipinski definition) is 3. The van der Waals surface area contributed by atoms with E-state index in [2.05, 4.69) is 20.8 Å². The molecule has 2 aromatic carbocycles. The van der Waals surface area contributed by atoms with Crippen LogP contribution in [0.5, 0.6) is 0 Å². The molecule has 1 aliphatic carbocycles. The van der Waals surface area contributed by atoms with E-state index in [4.69, 9.17) is 9.52 Å². The molecule has 3 N–H and O–H groups in total. The molecule has 1 aliphatic rings. The molecule has 9 heteroatoms. The standard InChI is InChI=1S/C22H21FN4O4/c23-17-12-15(13-6-8-14(9-7-13)21(29)30)10-11-18(17)25-19(28)20-26-27-22(31-20)24-16-4-2-1-3-5-16/h1-5,10-14H,6-9H2,(H,24,27)(H,25,28)(H,29,30)/t13-,14-. The van der Waals surface area contributed by atoms with Crippen molar-refractivity contribution in [3.8, 4) is 0 Å². The number of anilines is 3. The van der Waals surface area contributed by atoms with E-state index < -0.39 is 17.7 Å². The van der Waals surface area contributed by atoms with Crippen LogP contribution in [-0.4, -0.2) is 27.2 Å². The lowest BCUT2D eigenvalue weighted by Crippen LogP contribution is -2.20. The molecule has 160 valence electrons. The van der Waals surface area contributed by atoms with Crippen LogP contribution in [0.2, 0.25) is 0 Å². The first-order valence-electron chi connectivity index (χ1n) is 9.99. The van der Waals surface area contributed by atoms with Crippen molar-refractivity contribution in [3.63, 3.8) is 0 Å². The van der Waals surface area contributed by atoms with Crippen LogP contribution in [0, 0.1) is 11.7 Å². The maximum Gasteiger partial charge on any atom is 0.320 e. The molecule has 1 saturated carbocycles. The quantitative estimate of drug-likeness (QED) is 0.531. The predicted molar refractivity (Wildman–Crippen MR) is 111 cm³/mol. The summed E-state index contributed by atoms with van der Waals surface area (Å²) < 4.78 is 19.9. The van der Waals surface area contributed by atoms with E-state index in [9.17, 15) is 14.0 Å². The van der Waals surface area contributed by atoms with Gasteiger partial charge in [0.1, 0.15) is 5.82 Å². The molecule has 31 heavy (non-hydrogen) atoms. The number of carbonyl (C=O) groups is 2. The zero-order valence-electron chi connectivity index (χ0n) is 16.5. The van der Waals surface area contributed by atoms with Crippen molar-refractivity contribution in [2.75, 3.05) is 10.6 Å². The predicted octanol–water partition coefficient (Wildman–Crippen LogP) is 4.56. The van der Waals surface area contributed by atoms with Crippen molar-refractivity contribution >= 4 is 29.3 Å². The summed E-state index contributed by atoms with van der Waals surface area (Å²) in [4.78, 5) is 23.4. The molecule has 0 spiro atoms. The van der Waals surface area contributed by atoms with E-state index in [0.717, 1.165) is 11.3 Å². The largest absolute Gasteiger partial charge is 0.481 e. The second-order valence-corrected chi connectivity index (χ2v) is 7.48. The highest BCUT2D eigenvalue weighted by atomic mass is 19.1. The number of rotatable bonds is 6. The minimum Gasteiger partial charge on any atom is -0.481 e. The van der Waals surface area contributed by atoms with Crippen LogP contribution in [0.3, 0.4) is 0 Å². The number of para-hydroxylation sites is 1. The zero-order valence-corrected chi connectivity index (χ0v) is 16.5. The van der Waals surface area contributed by atoms with Crippen molar-refractivity contribution in [3.05, 3.63) is 65.8 Å². The lowest BCUT2D eigenvalue weighted by Gasteiger charge is -2.26. The van der Waals surface area contributed by atoms with E-state index >= 15 is 0 Å². The third kappa shape index (κ3) is 4.88. The summed E-state index contributed by atoms with van der Waals surface area (Å²) in [5.74, 6) is -2.58. The highest BCUT2D eigenvalue weighted by Gasteiger charge is 2.27. The number of benzene rings is 2. The number of amides is 1. The molecule has 4 rings (SSSR count). The van der Waals surface area contributed by atoms with Gasteiger partial charge in [0.2, 0.25) is 0 Å². The number of aromatic nitrogens is 2. The van der Waals surface area contributed by atoms with Crippen LogP contribution in [0.25, 0.3) is 0 Å². The van der Waals surface area contributed by atoms with Gasteiger partial charge in [-0.15, -0.1) is 5.10 Å². The SMILES string of the molecule is O=C(Nc1ccc([C@H]2CC[C@H](C(=O)O)CC2)cc1F)c1nnc(Nc2ccccc2)o1. The Labute approximate surface area is 177 Å². The lowest BCUT2D eigenvalue weighted by molar-refractivity contribution is -0.142. The van der Waals surface area contributed by atoms with Gasteiger partial charge in [-0.2, -0.15) is 0 Å². The topological polar surface area (TPSA) is 117 Å². The Balaban J connectivity index is 1.38. The van der Waals surface area contributed by atoms with Gasteiger partial charge in [0.25, 0.3) is 0 Å². The van der Waals surface area contributed by atoms with Crippen LogP contribution in [0.15, 0.2) is 52.9 Å². The molecule has 1 amide bonds. The summed E-state index contributed by atoms with van der Waals surface area (Å²) in [6.45, 7) is 0. The number of carboxylic acids is 1. The lowest BCUT2D eigenvalue weighted by atomic mass is 9.79. The van der Waals surface area contributed by atoms with Gasteiger partial charge in [0, 0.05) is 5.69 Å². The zero-order chi connectivity index (χ0) is 21.8. The van der Waals surface area contributed by atoms with E-state index in [1.54, 1.807) is 18.2 Å². The average Bonchev–Trinajstić information content (AvgIpc) is 3.24. The number of carbonyl (C=O) groups excluding carboxylic acids is 1. The van der Waals surface area contributed by atoms with Crippen LogP contribution >= 0.6 is 0 Å². The van der Waals surface area contributed by atoms with Crippen LogP contribution in [-0.2, 0) is 4.79 Å². The summed E-state index contributed by atoms with van der Waals surface area (Å²) >= 11 is 0. The van der Waals surface area contributed by atoms with Crippen LogP contribution in [0.4, 0.5) is 21.8 Å². The summed E-state index contributed by atoms with van der Waals surface area (Å²) in [6.07, 6.45) is 2.55. The summed E-state index contributed by atoms with van der Waals surface area (Å²) in [5.41, 5.74) is 1.52. The molecule has 0 saturated heterocycles. The fraction of sp³-hybridized carbons (Fsp3) is 0.273. The first kappa shape index (κ1) is 20.5. The fourth-order valence-corrected chi connectivity index (χ4v) is 3.75. The van der Waals surface area contributed by atoms with Gasteiger partial charge in [-0.05, 0) is 61.4 Å². The summed E-state index contributed by atoms with van der Waals surface area (Å²) in [5, 5.41) is 21.9. The number of aliphatic carboxylic acids is 1. The molecule has 8 nitrogen and oxygen atoms in total. The van der Waals surface area contributed by atoms with Gasteiger partial charge in [0.15, 0.2) is 0 Å². The third-order valence-corrected chi connectivity index (χ3v) is 5.43. The molecule has 0 aliphatic heterocycles. The summed E-state index contributed by atoms with van der Waals surface area (Å²) in [6, 6.07) is 13.8. The summed E-state index contributed by atoms with van der Waals surface area (Å²) in [7, 11) is 0. The van der Waals surface area contributed by atoms with Crippen molar-refractivity contribution in [2.45, 2.75) is 31.6 Å². The van der Waals surface area contributed by atoms with Crippen molar-refractivity contribution in [1.82, 2.24) is 10.2 Å². The average molecular weight is 424 g/mol. The van der Waals surface area contributed by atoms with E-state index in [0.29, 0.717) is 25.7 Å². The molecule has 1 aromatic heterocycles. The first-order chi connectivity index (χ1) is 15.0. The Kier molecular flexibility index (Phi) is 5.92. The molecule has 3 aromatic rings. The number of nitrogens with zero attached hydrogens (tertiary/aromatic N) is 2. The van der Waals surface area contributed by atoms with Gasteiger partial charge in [-0.25, -0.2) is 4.39 Å². The maximum atomic E-state index is 14.6. The molecule has 0 radical (unpaired) electrons. The second kappa shape index (κ2) is 8.95. The van der Waals surface area contributed by atoms with E-state index in [1.165, 1.54) is 12.1 Å². The Bertz CT molecular complexity index is 1080. The molecule has 1 fully saturated rings. The van der Waals surface area contributed by atoms with Crippen molar-refractivity contribution in [1.29, 1.82) is 0 Å². The fourth-order valence-electron chi connectivity index (χ4n) is 3.75. The number of hydrogen-bond acceptors (Lipinski definition) is 6. The molecular formula is C22H21FN4O4. The smallest absolute Gasteiger partial charge is 0.320 e. The Morgan fingerprint density at radius 1 is 1.03 bits per heavy atom. The van der Waals surface area contributed by atoms with Crippen LogP contribution < -0.4 is 10.6 Å². The van der Waals surface area contributed by atoms with Crippen LogP contribution in [0.1, 0.15) is 47.8 Å². The second-order valence-electron chi connectivity index (χ2n) is 7.48. The third-order valence-electron chi connectivity index (χ3n) is 5.43. The maximum absolute atomic E-state index is 14.6. The monoisotopic (exact) mass is 424 g/mol. The van der Waals surface area contributed by atoms with Gasteiger partial charge in [-0.1, -0.05) is 29.4 Å². The Hall–Kier alpha value is -3.75. The first-order valence-corrected chi connectivity index (χ1v) is 9.99. The number of halogens is 1. The van der Waals surface area contributed by atoms with Gasteiger partial charge in [0.05, 0.1) is 11.6 Å². The molecular weight excluding hydrogens is 403 g/mol. The minimum atomic E-state index is -0.772. The highest BCUT2D eigenvalue weighted by Crippen LogP contribution is 2.36. The van der Waals surface area contributed by atoms with Gasteiger partial charge < -0.3 is 20.2 Å². The van der Waals surface area contributed by atoms with E-state index in [-0.39, 0.29) is 29.4 Å². The molecule has 0 bridgehead atoms. The number of carboxylic acid groups (broad SMARTS) is 1. The minimum absolute atomic E-state index is 0.00346. The molecule has 0 unspecified atom stereocenters. The van der Waals surface area contributed by atoms with Gasteiger partial charge >= 0.3 is 23.8 Å². The Morgan fingerprint density at radius 3 is 2.45 bits per heavy atom. The number of nitrogens with one attached hydrogen (secondary N) is 2. The van der Waals surface area contributed by atoms with Crippen molar-refractivity contribution in [2.24, 2.45) is 5.92 Å². The highest BCUT2D eigenvalue weighted by molar-refractivity contribution is 6.01. The molecule has 0 atom stereocenters.